The molecule has 60 valence electrons. The molecule has 11 heavy (non-hydrogen) atoms. The largest absolute Gasteiger partial charge is 0.396 e. The first kappa shape index (κ1) is 8.30. The molecular formula is C7H8ClFN2. The van der Waals surface area contributed by atoms with E-state index in [0.717, 1.165) is 0 Å². The Bertz CT molecular complexity index is 275. The molecule has 1 aromatic carbocycles. The van der Waals surface area contributed by atoms with Crippen LogP contribution in [0.5, 0.6) is 0 Å². The van der Waals surface area contributed by atoms with Gasteiger partial charge < -0.3 is 11.5 Å². The molecule has 4 heteroatoms. The van der Waals surface area contributed by atoms with Crippen molar-refractivity contribution in [3.8, 4) is 0 Å². The first-order valence-electron chi connectivity index (χ1n) is 3.08. The van der Waals surface area contributed by atoms with Crippen LogP contribution in [0.25, 0.3) is 0 Å². The summed E-state index contributed by atoms with van der Waals surface area (Å²) in [5.74, 6) is -0.475. The SMILES string of the molecule is NCc1cc(Cl)cc(N)c1F. The van der Waals surface area contributed by atoms with Crippen LogP contribution in [0, 0.1) is 5.82 Å². The van der Waals surface area contributed by atoms with E-state index in [0.29, 0.717) is 10.6 Å². The van der Waals surface area contributed by atoms with Crippen molar-refractivity contribution in [2.45, 2.75) is 6.54 Å². The highest BCUT2D eigenvalue weighted by Gasteiger charge is 2.05. The van der Waals surface area contributed by atoms with Gasteiger partial charge in [-0.1, -0.05) is 11.6 Å². The molecule has 0 saturated carbocycles. The van der Waals surface area contributed by atoms with Gasteiger partial charge in [0.25, 0.3) is 0 Å². The van der Waals surface area contributed by atoms with Crippen LogP contribution in [-0.2, 0) is 6.54 Å². The third kappa shape index (κ3) is 1.61. The van der Waals surface area contributed by atoms with Gasteiger partial charge in [0.1, 0.15) is 0 Å². The van der Waals surface area contributed by atoms with E-state index in [2.05, 4.69) is 0 Å². The second-order valence-electron chi connectivity index (χ2n) is 2.17. The molecule has 2 nitrogen and oxygen atoms in total. The molecule has 0 bridgehead atoms. The van der Waals surface area contributed by atoms with Gasteiger partial charge in [0.15, 0.2) is 5.82 Å². The average Bonchev–Trinajstić information content (AvgIpc) is 1.96. The zero-order chi connectivity index (χ0) is 8.43. The quantitative estimate of drug-likeness (QED) is 0.635. The van der Waals surface area contributed by atoms with Crippen LogP contribution in [0.2, 0.25) is 5.02 Å². The second-order valence-corrected chi connectivity index (χ2v) is 2.61. The highest BCUT2D eigenvalue weighted by molar-refractivity contribution is 6.30. The summed E-state index contributed by atoms with van der Waals surface area (Å²) >= 11 is 5.60. The fourth-order valence-electron chi connectivity index (χ4n) is 0.817. The van der Waals surface area contributed by atoms with Gasteiger partial charge in [0, 0.05) is 17.1 Å². The number of nitrogens with two attached hydrogens (primary N) is 2. The van der Waals surface area contributed by atoms with Crippen molar-refractivity contribution in [1.82, 2.24) is 0 Å². The van der Waals surface area contributed by atoms with Gasteiger partial charge >= 0.3 is 0 Å². The topological polar surface area (TPSA) is 52.0 Å². The summed E-state index contributed by atoms with van der Waals surface area (Å²) in [6.45, 7) is 0.108. The Kier molecular flexibility index (Phi) is 2.31. The normalized spacial score (nSPS) is 10.1. The molecule has 0 unspecified atom stereocenters. The molecular weight excluding hydrogens is 167 g/mol. The average molecular weight is 175 g/mol. The van der Waals surface area contributed by atoms with Crippen molar-refractivity contribution in [2.75, 3.05) is 5.73 Å². The lowest BCUT2D eigenvalue weighted by atomic mass is 10.2. The molecule has 1 aromatic rings. The lowest BCUT2D eigenvalue weighted by Gasteiger charge is -2.02. The van der Waals surface area contributed by atoms with Crippen molar-refractivity contribution in [1.29, 1.82) is 0 Å². The van der Waals surface area contributed by atoms with E-state index < -0.39 is 5.82 Å². The molecule has 0 radical (unpaired) electrons. The number of halogens is 2. The molecule has 0 aromatic heterocycles. The summed E-state index contributed by atoms with van der Waals surface area (Å²) in [7, 11) is 0. The van der Waals surface area contributed by atoms with E-state index >= 15 is 0 Å². The number of benzene rings is 1. The summed E-state index contributed by atoms with van der Waals surface area (Å²) in [5.41, 5.74) is 10.9. The van der Waals surface area contributed by atoms with Gasteiger partial charge in [0.2, 0.25) is 0 Å². The minimum absolute atomic E-state index is 0.0398. The lowest BCUT2D eigenvalue weighted by Crippen LogP contribution is -2.02. The Morgan fingerprint density at radius 3 is 2.64 bits per heavy atom. The van der Waals surface area contributed by atoms with Crippen LogP contribution in [0.1, 0.15) is 5.56 Å². The van der Waals surface area contributed by atoms with Gasteiger partial charge in [-0.05, 0) is 12.1 Å². The standard InChI is InChI=1S/C7H8ClFN2/c8-5-1-4(3-10)7(9)6(11)2-5/h1-2H,3,10-11H2. The van der Waals surface area contributed by atoms with E-state index in [-0.39, 0.29) is 12.2 Å². The van der Waals surface area contributed by atoms with Gasteiger partial charge in [-0.25, -0.2) is 4.39 Å². The van der Waals surface area contributed by atoms with Crippen molar-refractivity contribution in [3.05, 3.63) is 28.5 Å². The van der Waals surface area contributed by atoms with E-state index in [1.54, 1.807) is 0 Å². The van der Waals surface area contributed by atoms with Crippen LogP contribution in [0.4, 0.5) is 10.1 Å². The van der Waals surface area contributed by atoms with Crippen LogP contribution in [0.3, 0.4) is 0 Å². The van der Waals surface area contributed by atoms with Gasteiger partial charge in [-0.15, -0.1) is 0 Å². The molecule has 0 saturated heterocycles. The Morgan fingerprint density at radius 1 is 1.45 bits per heavy atom. The van der Waals surface area contributed by atoms with Gasteiger partial charge in [0.05, 0.1) is 5.69 Å². The van der Waals surface area contributed by atoms with Crippen LogP contribution >= 0.6 is 11.6 Å². The van der Waals surface area contributed by atoms with Crippen molar-refractivity contribution in [2.24, 2.45) is 5.73 Å². The van der Waals surface area contributed by atoms with Crippen LogP contribution in [0.15, 0.2) is 12.1 Å². The van der Waals surface area contributed by atoms with Crippen molar-refractivity contribution >= 4 is 17.3 Å². The lowest BCUT2D eigenvalue weighted by molar-refractivity contribution is 0.615. The molecule has 4 N–H and O–H groups in total. The van der Waals surface area contributed by atoms with E-state index in [4.69, 9.17) is 23.1 Å². The second kappa shape index (κ2) is 3.07. The van der Waals surface area contributed by atoms with E-state index in [9.17, 15) is 4.39 Å². The molecule has 0 heterocycles. The van der Waals surface area contributed by atoms with E-state index in [1.165, 1.54) is 12.1 Å². The number of hydrogen-bond acceptors (Lipinski definition) is 2. The van der Waals surface area contributed by atoms with Crippen LogP contribution in [-0.4, -0.2) is 0 Å². The number of anilines is 1. The Balaban J connectivity index is 3.24. The molecule has 1 rings (SSSR count). The molecule has 0 atom stereocenters. The third-order valence-corrected chi connectivity index (χ3v) is 1.58. The predicted octanol–water partition coefficient (Wildman–Crippen LogP) is 1.52. The molecule has 0 spiro atoms. The molecule has 0 aliphatic rings. The Morgan fingerprint density at radius 2 is 2.09 bits per heavy atom. The summed E-state index contributed by atoms with van der Waals surface area (Å²) < 4.78 is 12.9. The predicted molar refractivity (Wildman–Crippen MR) is 43.7 cm³/mol. The molecule has 0 fully saturated rings. The fraction of sp³-hybridized carbons (Fsp3) is 0.143. The molecule has 0 aliphatic heterocycles. The summed E-state index contributed by atoms with van der Waals surface area (Å²) in [4.78, 5) is 0. The summed E-state index contributed by atoms with van der Waals surface area (Å²) in [6.07, 6.45) is 0. The van der Waals surface area contributed by atoms with Gasteiger partial charge in [-0.3, -0.25) is 0 Å². The molecule has 0 aliphatic carbocycles. The highest BCUT2D eigenvalue weighted by atomic mass is 35.5. The van der Waals surface area contributed by atoms with Crippen molar-refractivity contribution in [3.63, 3.8) is 0 Å². The van der Waals surface area contributed by atoms with Crippen LogP contribution < -0.4 is 11.5 Å². The third-order valence-electron chi connectivity index (χ3n) is 1.36. The fourth-order valence-corrected chi connectivity index (χ4v) is 1.07. The first-order chi connectivity index (χ1) is 5.15. The van der Waals surface area contributed by atoms with Gasteiger partial charge in [-0.2, -0.15) is 0 Å². The van der Waals surface area contributed by atoms with E-state index in [1.807, 2.05) is 0 Å². The monoisotopic (exact) mass is 174 g/mol. The minimum Gasteiger partial charge on any atom is -0.396 e. The zero-order valence-corrected chi connectivity index (χ0v) is 6.53. The maximum atomic E-state index is 12.9. The Hall–Kier alpha value is -0.800. The number of nitrogen functional groups attached to an aromatic ring is 1. The Labute approximate surface area is 68.9 Å². The number of hydrogen-bond donors (Lipinski definition) is 2. The minimum atomic E-state index is -0.475. The highest BCUT2D eigenvalue weighted by Crippen LogP contribution is 2.20. The summed E-state index contributed by atoms with van der Waals surface area (Å²) in [5, 5.41) is 0.407. The summed E-state index contributed by atoms with van der Waals surface area (Å²) in [6, 6.07) is 2.82. The maximum Gasteiger partial charge on any atom is 0.150 e. The number of rotatable bonds is 1. The maximum absolute atomic E-state index is 12.9. The molecule has 0 amide bonds. The zero-order valence-electron chi connectivity index (χ0n) is 5.77. The smallest absolute Gasteiger partial charge is 0.150 e. The van der Waals surface area contributed by atoms with Crippen molar-refractivity contribution < 1.29 is 4.39 Å². The first-order valence-corrected chi connectivity index (χ1v) is 3.46.